The molecule has 6 nitrogen and oxygen atoms in total. The van der Waals surface area contributed by atoms with E-state index in [0.717, 1.165) is 17.0 Å². The van der Waals surface area contributed by atoms with Crippen molar-refractivity contribution in [1.29, 1.82) is 0 Å². The highest BCUT2D eigenvalue weighted by molar-refractivity contribution is 7.91. The standard InChI is InChI=1S/C16H17F3N2O4S/c17-16(18,19)11-2-1-3-13(7-11)21-8-10(6-14(21)22)15(23)20-12-4-5-26(24,25)9-12/h1-3,7,10,12H,4-6,8-9H2,(H,20,23). The Kier molecular flexibility index (Phi) is 4.72. The molecule has 2 heterocycles. The summed E-state index contributed by atoms with van der Waals surface area (Å²) < 4.78 is 61.4. The molecule has 0 spiro atoms. The molecule has 26 heavy (non-hydrogen) atoms. The predicted molar refractivity (Wildman–Crippen MR) is 87.1 cm³/mol. The van der Waals surface area contributed by atoms with Crippen LogP contribution in [-0.4, -0.2) is 44.3 Å². The Labute approximate surface area is 148 Å². The number of hydrogen-bond donors (Lipinski definition) is 1. The number of carbonyl (C=O) groups is 2. The van der Waals surface area contributed by atoms with Crippen molar-refractivity contribution in [2.75, 3.05) is 23.0 Å². The highest BCUT2D eigenvalue weighted by atomic mass is 32.2. The van der Waals surface area contributed by atoms with E-state index in [0.29, 0.717) is 6.42 Å². The molecule has 2 unspecified atom stereocenters. The zero-order chi connectivity index (χ0) is 19.1. The van der Waals surface area contributed by atoms with Gasteiger partial charge in [-0.1, -0.05) is 6.07 Å². The van der Waals surface area contributed by atoms with Gasteiger partial charge in [-0.25, -0.2) is 8.42 Å². The van der Waals surface area contributed by atoms with Crippen molar-refractivity contribution in [1.82, 2.24) is 5.32 Å². The lowest BCUT2D eigenvalue weighted by molar-refractivity contribution is -0.137. The molecule has 0 bridgehead atoms. The van der Waals surface area contributed by atoms with Gasteiger partial charge in [-0.2, -0.15) is 13.2 Å². The van der Waals surface area contributed by atoms with Crippen LogP contribution in [-0.2, 0) is 25.6 Å². The molecule has 0 aliphatic carbocycles. The third-order valence-electron chi connectivity index (χ3n) is 4.56. The number of hydrogen-bond acceptors (Lipinski definition) is 4. The van der Waals surface area contributed by atoms with Gasteiger partial charge in [0.05, 0.1) is 23.0 Å². The Bertz CT molecular complexity index is 838. The molecule has 2 fully saturated rings. The molecule has 2 amide bonds. The van der Waals surface area contributed by atoms with Crippen LogP contribution in [0.15, 0.2) is 24.3 Å². The van der Waals surface area contributed by atoms with Gasteiger partial charge in [0.25, 0.3) is 0 Å². The summed E-state index contributed by atoms with van der Waals surface area (Å²) in [7, 11) is -3.15. The van der Waals surface area contributed by atoms with Crippen LogP contribution in [0.25, 0.3) is 0 Å². The molecule has 142 valence electrons. The molecular weight excluding hydrogens is 373 g/mol. The fourth-order valence-corrected chi connectivity index (χ4v) is 4.88. The van der Waals surface area contributed by atoms with Crippen LogP contribution in [0.4, 0.5) is 18.9 Å². The van der Waals surface area contributed by atoms with Crippen molar-refractivity contribution >= 4 is 27.3 Å². The maximum atomic E-state index is 12.8. The van der Waals surface area contributed by atoms with Gasteiger partial charge in [0.2, 0.25) is 11.8 Å². The van der Waals surface area contributed by atoms with E-state index >= 15 is 0 Å². The van der Waals surface area contributed by atoms with Crippen LogP contribution in [0.3, 0.4) is 0 Å². The van der Waals surface area contributed by atoms with Crippen LogP contribution in [0.5, 0.6) is 0 Å². The number of benzene rings is 1. The van der Waals surface area contributed by atoms with Crippen LogP contribution < -0.4 is 10.2 Å². The minimum Gasteiger partial charge on any atom is -0.352 e. The lowest BCUT2D eigenvalue weighted by Crippen LogP contribution is -2.40. The van der Waals surface area contributed by atoms with E-state index in [1.807, 2.05) is 0 Å². The van der Waals surface area contributed by atoms with E-state index in [9.17, 15) is 31.2 Å². The van der Waals surface area contributed by atoms with E-state index in [1.54, 1.807) is 0 Å². The molecule has 1 N–H and O–H groups in total. The number of nitrogens with zero attached hydrogens (tertiary/aromatic N) is 1. The first-order valence-corrected chi connectivity index (χ1v) is 9.86. The van der Waals surface area contributed by atoms with Crippen molar-refractivity contribution in [2.24, 2.45) is 5.92 Å². The van der Waals surface area contributed by atoms with E-state index in [4.69, 9.17) is 0 Å². The topological polar surface area (TPSA) is 83.5 Å². The monoisotopic (exact) mass is 390 g/mol. The van der Waals surface area contributed by atoms with Gasteiger partial charge in [-0.05, 0) is 24.6 Å². The number of halogens is 3. The SMILES string of the molecule is O=C(NC1CCS(=O)(=O)C1)C1CC(=O)N(c2cccc(C(F)(F)F)c2)C1. The number of amides is 2. The first-order chi connectivity index (χ1) is 12.0. The van der Waals surface area contributed by atoms with Crippen LogP contribution in [0.2, 0.25) is 0 Å². The lowest BCUT2D eigenvalue weighted by Gasteiger charge is -2.19. The Morgan fingerprint density at radius 2 is 2.00 bits per heavy atom. The second-order valence-corrected chi connectivity index (χ2v) is 8.79. The summed E-state index contributed by atoms with van der Waals surface area (Å²) >= 11 is 0. The summed E-state index contributed by atoms with van der Waals surface area (Å²) in [4.78, 5) is 25.6. The summed E-state index contributed by atoms with van der Waals surface area (Å²) in [5, 5.41) is 2.63. The quantitative estimate of drug-likeness (QED) is 0.845. The smallest absolute Gasteiger partial charge is 0.352 e. The average molecular weight is 390 g/mol. The average Bonchev–Trinajstić information content (AvgIpc) is 3.09. The molecule has 10 heteroatoms. The third-order valence-corrected chi connectivity index (χ3v) is 6.33. The second kappa shape index (κ2) is 6.57. The Morgan fingerprint density at radius 1 is 1.27 bits per heavy atom. The first kappa shape index (κ1) is 18.7. The predicted octanol–water partition coefficient (Wildman–Crippen LogP) is 1.36. The molecule has 0 aromatic heterocycles. The molecule has 3 rings (SSSR count). The summed E-state index contributed by atoms with van der Waals surface area (Å²) in [5.41, 5.74) is -0.782. The van der Waals surface area contributed by atoms with Crippen LogP contribution in [0, 0.1) is 5.92 Å². The van der Waals surface area contributed by atoms with Crippen molar-refractivity contribution in [3.8, 4) is 0 Å². The second-order valence-electron chi connectivity index (χ2n) is 6.56. The highest BCUT2D eigenvalue weighted by Gasteiger charge is 2.38. The van der Waals surface area contributed by atoms with Gasteiger partial charge < -0.3 is 10.2 Å². The molecule has 2 aliphatic rings. The minimum absolute atomic E-state index is 0.0118. The van der Waals surface area contributed by atoms with Crippen LogP contribution >= 0.6 is 0 Å². The van der Waals surface area contributed by atoms with Crippen molar-refractivity contribution in [3.63, 3.8) is 0 Å². The molecule has 2 atom stereocenters. The van der Waals surface area contributed by atoms with Crippen molar-refractivity contribution in [2.45, 2.75) is 25.1 Å². The largest absolute Gasteiger partial charge is 0.416 e. The van der Waals surface area contributed by atoms with Crippen molar-refractivity contribution < 1.29 is 31.2 Å². The van der Waals surface area contributed by atoms with Gasteiger partial charge in [0, 0.05) is 24.7 Å². The maximum absolute atomic E-state index is 12.8. The zero-order valence-corrected chi connectivity index (χ0v) is 14.4. The van der Waals surface area contributed by atoms with E-state index in [1.165, 1.54) is 12.1 Å². The van der Waals surface area contributed by atoms with Gasteiger partial charge in [-0.3, -0.25) is 9.59 Å². The Morgan fingerprint density at radius 3 is 2.62 bits per heavy atom. The number of nitrogens with one attached hydrogen (secondary N) is 1. The Balaban J connectivity index is 1.68. The van der Waals surface area contributed by atoms with E-state index in [-0.39, 0.29) is 30.2 Å². The summed E-state index contributed by atoms with van der Waals surface area (Å²) in [6.07, 6.45) is -4.32. The fourth-order valence-electron chi connectivity index (χ4n) is 3.21. The van der Waals surface area contributed by atoms with E-state index in [2.05, 4.69) is 5.32 Å². The van der Waals surface area contributed by atoms with Crippen LogP contribution in [0.1, 0.15) is 18.4 Å². The lowest BCUT2D eigenvalue weighted by atomic mass is 10.1. The summed E-state index contributed by atoms with van der Waals surface area (Å²) in [6.45, 7) is -0.0363. The fraction of sp³-hybridized carbons (Fsp3) is 0.500. The molecule has 2 aliphatic heterocycles. The molecular formula is C16H17F3N2O4S. The van der Waals surface area contributed by atoms with Gasteiger partial charge in [-0.15, -0.1) is 0 Å². The number of sulfone groups is 1. The van der Waals surface area contributed by atoms with Gasteiger partial charge in [0.15, 0.2) is 9.84 Å². The molecule has 2 saturated heterocycles. The van der Waals surface area contributed by atoms with Gasteiger partial charge in [0.1, 0.15) is 0 Å². The zero-order valence-electron chi connectivity index (χ0n) is 13.6. The number of anilines is 1. The minimum atomic E-state index is -4.52. The normalized spacial score (nSPS) is 25.5. The number of carbonyl (C=O) groups excluding carboxylic acids is 2. The van der Waals surface area contributed by atoms with E-state index < -0.39 is 45.4 Å². The molecule has 0 saturated carbocycles. The summed E-state index contributed by atoms with van der Waals surface area (Å²) in [5.74, 6) is -1.73. The molecule has 0 radical (unpaired) electrons. The highest BCUT2D eigenvalue weighted by Crippen LogP contribution is 2.33. The van der Waals surface area contributed by atoms with Crippen molar-refractivity contribution in [3.05, 3.63) is 29.8 Å². The molecule has 1 aromatic rings. The Hall–Kier alpha value is -2.10. The maximum Gasteiger partial charge on any atom is 0.416 e. The molecule has 1 aromatic carbocycles. The number of alkyl halides is 3. The third kappa shape index (κ3) is 4.00. The van der Waals surface area contributed by atoms with Gasteiger partial charge >= 0.3 is 6.18 Å². The number of rotatable bonds is 3. The summed E-state index contributed by atoms with van der Waals surface area (Å²) in [6, 6.07) is 3.90. The first-order valence-electron chi connectivity index (χ1n) is 8.03.